The van der Waals surface area contributed by atoms with Crippen LogP contribution >= 0.6 is 0 Å². The smallest absolute Gasteiger partial charge is 0.392 e. The molecule has 0 fully saturated rings. The van der Waals surface area contributed by atoms with Gasteiger partial charge in [-0.25, -0.2) is 4.39 Å². The van der Waals surface area contributed by atoms with Crippen LogP contribution in [0.1, 0.15) is 16.7 Å². The summed E-state index contributed by atoms with van der Waals surface area (Å²) in [5.41, 5.74) is 0.568. The first-order valence-electron chi connectivity index (χ1n) is 6.19. The van der Waals surface area contributed by atoms with Crippen LogP contribution in [0.4, 0.5) is 23.2 Å². The van der Waals surface area contributed by atoms with Crippen molar-refractivity contribution in [3.05, 3.63) is 65.0 Å². The fourth-order valence-corrected chi connectivity index (χ4v) is 1.79. The van der Waals surface area contributed by atoms with Crippen molar-refractivity contribution in [3.63, 3.8) is 0 Å². The number of aliphatic hydroxyl groups excluding tert-OH is 1. The van der Waals surface area contributed by atoms with Crippen molar-refractivity contribution in [2.24, 2.45) is 0 Å². The number of hydrogen-bond donors (Lipinski definition) is 2. The number of alkyl halides is 3. The predicted octanol–water partition coefficient (Wildman–Crippen LogP) is 3.95. The van der Waals surface area contributed by atoms with E-state index in [4.69, 9.17) is 5.11 Å². The van der Waals surface area contributed by atoms with Crippen LogP contribution in [0.25, 0.3) is 0 Å². The van der Waals surface area contributed by atoms with Gasteiger partial charge in [0.2, 0.25) is 0 Å². The molecule has 0 saturated carbocycles. The Bertz CT molecular complexity index is 608. The largest absolute Gasteiger partial charge is 0.416 e. The Hall–Kier alpha value is -2.08. The summed E-state index contributed by atoms with van der Waals surface area (Å²) in [6, 6.07) is 9.32. The second kappa shape index (κ2) is 6.13. The Kier molecular flexibility index (Phi) is 4.47. The number of nitrogens with one attached hydrogen (secondary N) is 1. The summed E-state index contributed by atoms with van der Waals surface area (Å²) < 4.78 is 50.8. The lowest BCUT2D eigenvalue weighted by Crippen LogP contribution is -2.07. The van der Waals surface area contributed by atoms with Crippen LogP contribution in [0.5, 0.6) is 0 Å². The van der Waals surface area contributed by atoms with Gasteiger partial charge in [-0.3, -0.25) is 0 Å². The topological polar surface area (TPSA) is 32.3 Å². The molecule has 0 heterocycles. The third-order valence-electron chi connectivity index (χ3n) is 2.98. The molecule has 0 aliphatic rings. The number of rotatable bonds is 4. The number of hydrogen-bond acceptors (Lipinski definition) is 2. The van der Waals surface area contributed by atoms with Gasteiger partial charge in [-0.1, -0.05) is 24.3 Å². The van der Waals surface area contributed by atoms with E-state index in [-0.39, 0.29) is 18.8 Å². The fourth-order valence-electron chi connectivity index (χ4n) is 1.79. The molecule has 2 nitrogen and oxygen atoms in total. The molecule has 2 N–H and O–H groups in total. The summed E-state index contributed by atoms with van der Waals surface area (Å²) in [5, 5.41) is 11.6. The van der Waals surface area contributed by atoms with E-state index in [1.807, 2.05) is 0 Å². The molecule has 6 heteroatoms. The van der Waals surface area contributed by atoms with Gasteiger partial charge in [-0.05, 0) is 29.3 Å². The molecule has 0 aromatic heterocycles. The average molecular weight is 299 g/mol. The molecule has 2 rings (SSSR count). The highest BCUT2D eigenvalue weighted by molar-refractivity contribution is 5.47. The van der Waals surface area contributed by atoms with Crippen LogP contribution in [-0.4, -0.2) is 5.11 Å². The standard InChI is InChI=1S/C15H13F4NO/c16-13-7-12(15(17,18)19)5-6-14(13)20-8-10-1-3-11(9-21)4-2-10/h1-7,20-21H,8-9H2. The summed E-state index contributed by atoms with van der Waals surface area (Å²) in [6.07, 6.45) is -4.56. The van der Waals surface area contributed by atoms with E-state index in [9.17, 15) is 17.6 Å². The van der Waals surface area contributed by atoms with Gasteiger partial charge in [-0.15, -0.1) is 0 Å². The van der Waals surface area contributed by atoms with Crippen molar-refractivity contribution in [1.82, 2.24) is 0 Å². The maximum absolute atomic E-state index is 13.6. The molecule has 2 aromatic carbocycles. The average Bonchev–Trinajstić information content (AvgIpc) is 2.45. The summed E-state index contributed by atoms with van der Waals surface area (Å²) in [5.74, 6) is -0.947. The molecular formula is C15H13F4NO. The second-order valence-electron chi connectivity index (χ2n) is 4.52. The van der Waals surface area contributed by atoms with Gasteiger partial charge >= 0.3 is 6.18 Å². The molecule has 0 spiro atoms. The molecule has 0 aliphatic heterocycles. The Morgan fingerprint density at radius 1 is 0.952 bits per heavy atom. The lowest BCUT2D eigenvalue weighted by molar-refractivity contribution is -0.137. The van der Waals surface area contributed by atoms with Crippen molar-refractivity contribution in [2.75, 3.05) is 5.32 Å². The van der Waals surface area contributed by atoms with Gasteiger partial charge in [0.05, 0.1) is 17.9 Å². The molecule has 112 valence electrons. The van der Waals surface area contributed by atoms with Gasteiger partial charge in [0.1, 0.15) is 5.82 Å². The van der Waals surface area contributed by atoms with Crippen molar-refractivity contribution in [3.8, 4) is 0 Å². The van der Waals surface area contributed by atoms with Gasteiger partial charge in [-0.2, -0.15) is 13.2 Å². The van der Waals surface area contributed by atoms with E-state index in [0.717, 1.165) is 23.3 Å². The summed E-state index contributed by atoms with van der Waals surface area (Å²) in [6.45, 7) is 0.204. The zero-order valence-corrected chi connectivity index (χ0v) is 10.9. The fraction of sp³-hybridized carbons (Fsp3) is 0.200. The summed E-state index contributed by atoms with van der Waals surface area (Å²) in [7, 11) is 0. The zero-order chi connectivity index (χ0) is 15.5. The van der Waals surface area contributed by atoms with E-state index in [0.29, 0.717) is 6.07 Å². The highest BCUT2D eigenvalue weighted by Gasteiger charge is 2.31. The summed E-state index contributed by atoms with van der Waals surface area (Å²) in [4.78, 5) is 0. The second-order valence-corrected chi connectivity index (χ2v) is 4.52. The van der Waals surface area contributed by atoms with Crippen molar-refractivity contribution in [2.45, 2.75) is 19.3 Å². The Morgan fingerprint density at radius 3 is 2.10 bits per heavy atom. The van der Waals surface area contributed by atoms with E-state index in [2.05, 4.69) is 5.32 Å². The van der Waals surface area contributed by atoms with Gasteiger partial charge < -0.3 is 10.4 Å². The first kappa shape index (κ1) is 15.3. The molecule has 2 aromatic rings. The SMILES string of the molecule is OCc1ccc(CNc2ccc(C(F)(F)F)cc2F)cc1. The first-order chi connectivity index (χ1) is 9.90. The van der Waals surface area contributed by atoms with E-state index in [1.54, 1.807) is 24.3 Å². The monoisotopic (exact) mass is 299 g/mol. The van der Waals surface area contributed by atoms with Crippen LogP contribution in [0.15, 0.2) is 42.5 Å². The number of halogens is 4. The number of anilines is 1. The summed E-state index contributed by atoms with van der Waals surface area (Å²) >= 11 is 0. The normalized spacial score (nSPS) is 11.5. The molecule has 0 saturated heterocycles. The van der Waals surface area contributed by atoms with Crippen LogP contribution in [-0.2, 0) is 19.3 Å². The Labute approximate surface area is 119 Å². The lowest BCUT2D eigenvalue weighted by atomic mass is 10.1. The van der Waals surface area contributed by atoms with E-state index < -0.39 is 17.6 Å². The predicted molar refractivity (Wildman–Crippen MR) is 71.1 cm³/mol. The lowest BCUT2D eigenvalue weighted by Gasteiger charge is -2.11. The minimum absolute atomic E-state index is 0.00855. The van der Waals surface area contributed by atoms with Crippen LogP contribution in [0.3, 0.4) is 0 Å². The van der Waals surface area contributed by atoms with Crippen LogP contribution < -0.4 is 5.32 Å². The molecule has 21 heavy (non-hydrogen) atoms. The van der Waals surface area contributed by atoms with E-state index >= 15 is 0 Å². The molecule has 0 radical (unpaired) electrons. The van der Waals surface area contributed by atoms with Crippen molar-refractivity contribution < 1.29 is 22.7 Å². The van der Waals surface area contributed by atoms with Gasteiger partial charge in [0.25, 0.3) is 0 Å². The minimum atomic E-state index is -4.56. The van der Waals surface area contributed by atoms with Crippen LogP contribution in [0, 0.1) is 5.82 Å². The minimum Gasteiger partial charge on any atom is -0.392 e. The van der Waals surface area contributed by atoms with Gasteiger partial charge in [0.15, 0.2) is 0 Å². The maximum Gasteiger partial charge on any atom is 0.416 e. The number of benzene rings is 2. The molecule has 0 aliphatic carbocycles. The maximum atomic E-state index is 13.6. The molecule has 0 bridgehead atoms. The third-order valence-corrected chi connectivity index (χ3v) is 2.98. The highest BCUT2D eigenvalue weighted by Crippen LogP contribution is 2.31. The Balaban J connectivity index is 2.06. The molecule has 0 atom stereocenters. The third kappa shape index (κ3) is 3.95. The van der Waals surface area contributed by atoms with E-state index in [1.165, 1.54) is 0 Å². The van der Waals surface area contributed by atoms with Gasteiger partial charge in [0, 0.05) is 6.54 Å². The van der Waals surface area contributed by atoms with Crippen molar-refractivity contribution >= 4 is 5.69 Å². The quantitative estimate of drug-likeness (QED) is 0.838. The Morgan fingerprint density at radius 2 is 1.57 bits per heavy atom. The van der Waals surface area contributed by atoms with Crippen molar-refractivity contribution in [1.29, 1.82) is 0 Å². The molecule has 0 unspecified atom stereocenters. The first-order valence-corrected chi connectivity index (χ1v) is 6.19. The number of aliphatic hydroxyl groups is 1. The molecular weight excluding hydrogens is 286 g/mol. The molecule has 0 amide bonds. The zero-order valence-electron chi connectivity index (χ0n) is 10.9. The van der Waals surface area contributed by atoms with Crippen LogP contribution in [0.2, 0.25) is 0 Å². The highest BCUT2D eigenvalue weighted by atomic mass is 19.4.